The number of carbonyl (C=O) groups is 1. The predicted molar refractivity (Wildman–Crippen MR) is 114 cm³/mol. The number of amides is 1. The second-order valence-electron chi connectivity index (χ2n) is 9.12. The molecule has 11 heteroatoms. The summed E-state index contributed by atoms with van der Waals surface area (Å²) < 4.78 is 74.0. The Morgan fingerprint density at radius 3 is 2.33 bits per heavy atom. The Hall–Kier alpha value is -1.36. The van der Waals surface area contributed by atoms with Crippen LogP contribution in [0.3, 0.4) is 0 Å². The first-order chi connectivity index (χ1) is 15.5. The number of thiazole rings is 1. The quantitative estimate of drug-likeness (QED) is 0.484. The van der Waals surface area contributed by atoms with Gasteiger partial charge >= 0.3 is 12.4 Å². The zero-order valence-corrected chi connectivity index (χ0v) is 19.3. The highest BCUT2D eigenvalue weighted by Crippen LogP contribution is 2.30. The molecule has 188 valence electrons. The van der Waals surface area contributed by atoms with Gasteiger partial charge in [-0.3, -0.25) is 4.79 Å². The van der Waals surface area contributed by atoms with Crippen molar-refractivity contribution >= 4 is 17.2 Å². The lowest BCUT2D eigenvalue weighted by atomic mass is 9.84. The topological polar surface area (TPSA) is 45.2 Å². The lowest BCUT2D eigenvalue weighted by Crippen LogP contribution is -2.38. The normalized spacial score (nSPS) is 22.6. The van der Waals surface area contributed by atoms with Crippen LogP contribution in [-0.2, 0) is 24.1 Å². The Bertz CT molecular complexity index is 746. The monoisotopic (exact) mass is 499 g/mol. The molecule has 0 saturated heterocycles. The number of carbonyl (C=O) groups excluding carboxylic acids is 1. The highest BCUT2D eigenvalue weighted by molar-refractivity contribution is 7.11. The smallest absolute Gasteiger partial charge is 0.353 e. The van der Waals surface area contributed by atoms with Crippen LogP contribution in [0.15, 0.2) is 0 Å². The van der Waals surface area contributed by atoms with Crippen molar-refractivity contribution in [2.75, 3.05) is 19.6 Å². The molecule has 1 aromatic rings. The van der Waals surface area contributed by atoms with E-state index in [1.807, 2.05) is 0 Å². The summed E-state index contributed by atoms with van der Waals surface area (Å²) in [5.74, 6) is 0.0146. The van der Waals surface area contributed by atoms with E-state index >= 15 is 0 Å². The van der Waals surface area contributed by atoms with Crippen LogP contribution in [0, 0.1) is 5.92 Å². The summed E-state index contributed by atoms with van der Waals surface area (Å²) in [7, 11) is 0. The van der Waals surface area contributed by atoms with Crippen LogP contribution in [-0.4, -0.2) is 53.8 Å². The molecule has 3 rings (SSSR count). The molecule has 2 heterocycles. The minimum atomic E-state index is -4.31. The van der Waals surface area contributed by atoms with Gasteiger partial charge in [0.05, 0.1) is 17.1 Å². The molecule has 1 aliphatic carbocycles. The van der Waals surface area contributed by atoms with E-state index in [0.29, 0.717) is 10.9 Å². The minimum absolute atomic E-state index is 0.0335. The molecule has 33 heavy (non-hydrogen) atoms. The molecular weight excluding hydrogens is 468 g/mol. The summed E-state index contributed by atoms with van der Waals surface area (Å²) in [6.45, 7) is 2.67. The van der Waals surface area contributed by atoms with Crippen molar-refractivity contribution in [3.05, 3.63) is 15.6 Å². The Labute approximate surface area is 194 Å². The Balaban J connectivity index is 1.33. The zero-order chi connectivity index (χ0) is 24.1. The van der Waals surface area contributed by atoms with Crippen molar-refractivity contribution < 1.29 is 31.1 Å². The van der Waals surface area contributed by atoms with Crippen LogP contribution in [0.4, 0.5) is 26.3 Å². The van der Waals surface area contributed by atoms with Crippen molar-refractivity contribution in [1.82, 2.24) is 15.2 Å². The van der Waals surface area contributed by atoms with Gasteiger partial charge in [0.25, 0.3) is 0 Å². The van der Waals surface area contributed by atoms with Crippen LogP contribution >= 0.6 is 11.3 Å². The van der Waals surface area contributed by atoms with E-state index < -0.39 is 37.5 Å². The van der Waals surface area contributed by atoms with Crippen LogP contribution < -0.4 is 5.32 Å². The number of aryl methyl sites for hydroxylation is 1. The molecule has 0 aromatic carbocycles. The van der Waals surface area contributed by atoms with Gasteiger partial charge < -0.3 is 10.2 Å². The Morgan fingerprint density at radius 2 is 1.67 bits per heavy atom. The number of halogens is 6. The molecule has 0 unspecified atom stereocenters. The number of alkyl halides is 6. The summed E-state index contributed by atoms with van der Waals surface area (Å²) in [6.07, 6.45) is -4.82. The summed E-state index contributed by atoms with van der Waals surface area (Å²) in [5, 5.41) is 3.31. The Morgan fingerprint density at radius 1 is 1.00 bits per heavy atom. The maximum absolute atomic E-state index is 12.4. The highest BCUT2D eigenvalue weighted by Gasteiger charge is 2.30. The average molecular weight is 500 g/mol. The van der Waals surface area contributed by atoms with Gasteiger partial charge in [-0.25, -0.2) is 4.98 Å². The molecule has 4 nitrogen and oxygen atoms in total. The molecule has 1 N–H and O–H groups in total. The van der Waals surface area contributed by atoms with E-state index in [1.165, 1.54) is 11.3 Å². The number of nitrogens with one attached hydrogen (secondary N) is 1. The van der Waals surface area contributed by atoms with Gasteiger partial charge in [0, 0.05) is 49.7 Å². The summed E-state index contributed by atoms with van der Waals surface area (Å²) >= 11 is 1.41. The number of hydrogen-bond acceptors (Lipinski definition) is 4. The summed E-state index contributed by atoms with van der Waals surface area (Å²) in [4.78, 5) is 19.6. The first-order valence-corrected chi connectivity index (χ1v) is 12.4. The van der Waals surface area contributed by atoms with Gasteiger partial charge in [-0.2, -0.15) is 26.3 Å². The molecule has 1 amide bonds. The number of hydrogen-bond donors (Lipinski definition) is 1. The van der Waals surface area contributed by atoms with Gasteiger partial charge in [0.15, 0.2) is 0 Å². The lowest BCUT2D eigenvalue weighted by molar-refractivity contribution is -0.144. The van der Waals surface area contributed by atoms with Crippen molar-refractivity contribution in [1.29, 1.82) is 0 Å². The van der Waals surface area contributed by atoms with E-state index in [9.17, 15) is 31.1 Å². The van der Waals surface area contributed by atoms with E-state index in [0.717, 1.165) is 75.2 Å². The molecule has 1 fully saturated rings. The first kappa shape index (κ1) is 26.2. The van der Waals surface area contributed by atoms with E-state index in [4.69, 9.17) is 0 Å². The molecule has 0 atom stereocenters. The third kappa shape index (κ3) is 9.42. The fourth-order valence-corrected chi connectivity index (χ4v) is 5.66. The second-order valence-corrected chi connectivity index (χ2v) is 10.3. The van der Waals surface area contributed by atoms with E-state index in [2.05, 4.69) is 15.2 Å². The minimum Gasteiger partial charge on any atom is -0.353 e. The SMILES string of the molecule is O=C(CCC(F)(F)F)NC1CCC(CCN2CCc3nc(CCC(F)(F)F)sc3CC2)CC1. The largest absolute Gasteiger partial charge is 0.389 e. The van der Waals surface area contributed by atoms with Gasteiger partial charge in [-0.1, -0.05) is 0 Å². The zero-order valence-electron chi connectivity index (χ0n) is 18.5. The predicted octanol–water partition coefficient (Wildman–Crippen LogP) is 5.45. The molecular formula is C22H31F6N3OS. The van der Waals surface area contributed by atoms with Crippen molar-refractivity contribution in [2.24, 2.45) is 5.92 Å². The summed E-state index contributed by atoms with van der Waals surface area (Å²) in [5.41, 5.74) is 0.946. The van der Waals surface area contributed by atoms with E-state index in [-0.39, 0.29) is 12.5 Å². The molecule has 2 aliphatic rings. The summed E-state index contributed by atoms with van der Waals surface area (Å²) in [6, 6.07) is -0.0335. The first-order valence-electron chi connectivity index (χ1n) is 11.6. The maximum atomic E-state index is 12.4. The maximum Gasteiger partial charge on any atom is 0.389 e. The molecule has 0 spiro atoms. The van der Waals surface area contributed by atoms with Gasteiger partial charge in [-0.05, 0) is 51.0 Å². The van der Waals surface area contributed by atoms with Crippen molar-refractivity contribution in [2.45, 2.75) is 89.0 Å². The van der Waals surface area contributed by atoms with Crippen LogP contribution in [0.5, 0.6) is 0 Å². The van der Waals surface area contributed by atoms with Crippen molar-refractivity contribution in [3.8, 4) is 0 Å². The van der Waals surface area contributed by atoms with Gasteiger partial charge in [0.1, 0.15) is 0 Å². The molecule has 1 aromatic heterocycles. The third-order valence-corrected chi connectivity index (χ3v) is 7.68. The van der Waals surface area contributed by atoms with E-state index in [1.54, 1.807) is 0 Å². The molecule has 0 radical (unpaired) electrons. The fraction of sp³-hybridized carbons (Fsp3) is 0.818. The van der Waals surface area contributed by atoms with Crippen LogP contribution in [0.1, 0.15) is 66.9 Å². The molecule has 1 aliphatic heterocycles. The Kier molecular flexibility index (Phi) is 9.05. The average Bonchev–Trinajstić information content (AvgIpc) is 3.03. The number of aromatic nitrogens is 1. The molecule has 1 saturated carbocycles. The lowest BCUT2D eigenvalue weighted by Gasteiger charge is -2.30. The van der Waals surface area contributed by atoms with Crippen LogP contribution in [0.25, 0.3) is 0 Å². The number of nitrogens with zero attached hydrogens (tertiary/aromatic N) is 2. The van der Waals surface area contributed by atoms with Gasteiger partial charge in [0.2, 0.25) is 5.91 Å². The third-order valence-electron chi connectivity index (χ3n) is 6.47. The number of fused-ring (bicyclic) bond motifs is 1. The fourth-order valence-electron chi connectivity index (χ4n) is 4.56. The second kappa shape index (κ2) is 11.4. The van der Waals surface area contributed by atoms with Crippen LogP contribution in [0.2, 0.25) is 0 Å². The standard InChI is InChI=1S/C22H31F6N3OS/c23-21(24,25)10-5-19(32)29-16-3-1-15(2-4-16)7-12-31-13-8-17-18(9-14-31)33-20(30-17)6-11-22(26,27)28/h15-16H,1-14H2,(H,29,32). The number of rotatable bonds is 8. The van der Waals surface area contributed by atoms with Crippen molar-refractivity contribution in [3.63, 3.8) is 0 Å². The highest BCUT2D eigenvalue weighted by atomic mass is 32.1. The molecule has 0 bridgehead atoms. The van der Waals surface area contributed by atoms with Gasteiger partial charge in [-0.15, -0.1) is 11.3 Å².